The van der Waals surface area contributed by atoms with Crippen LogP contribution in [0.15, 0.2) is 85.7 Å². The molecule has 2 N–H and O–H groups in total. The first-order chi connectivity index (χ1) is 28.0. The van der Waals surface area contributed by atoms with E-state index in [-0.39, 0.29) is 23.0 Å². The van der Waals surface area contributed by atoms with Gasteiger partial charge in [0.15, 0.2) is 11.3 Å². The Kier molecular flexibility index (Phi) is 9.41. The Bertz CT molecular complexity index is 2650. The number of amides is 2. The number of rotatable bonds is 4. The number of nitrogens with one attached hydrogen (secondary N) is 2. The largest absolute Gasteiger partial charge is 0.345 e. The molecule has 2 aromatic carbocycles. The van der Waals surface area contributed by atoms with Crippen molar-refractivity contribution in [2.24, 2.45) is 11.8 Å². The number of hydrogen-bond donors (Lipinski definition) is 2. The lowest BCUT2D eigenvalue weighted by atomic mass is 9.86. The maximum atomic E-state index is 14.1. The van der Waals surface area contributed by atoms with Gasteiger partial charge in [-0.2, -0.15) is 0 Å². The standard InChI is InChI=1S/2C21H19F2N5O/c2*1-12-5-7-27(21(29)15-3-2-13(22)8-17(15)23)11-16(12)20-26-10-14-9-25-19-18(28(14)20)4-6-24-19/h2*2-4,6,8-10,12,16,24H,5,7,11H2,1H3/t12-,16+;/m1./s1. The molecule has 2 fully saturated rings. The maximum absolute atomic E-state index is 14.1. The molecule has 0 saturated carbocycles. The Hall–Kier alpha value is -6.58. The summed E-state index contributed by atoms with van der Waals surface area (Å²) in [5.41, 5.74) is 4.93. The van der Waals surface area contributed by atoms with Crippen molar-refractivity contribution in [1.82, 2.24) is 48.5 Å². The number of halogens is 4. The first kappa shape index (κ1) is 37.0. The number of nitrogens with zero attached hydrogens (tertiary/aromatic N) is 8. The van der Waals surface area contributed by atoms with Crippen molar-refractivity contribution >= 4 is 45.2 Å². The lowest BCUT2D eigenvalue weighted by Gasteiger charge is -2.36. The van der Waals surface area contributed by atoms with Gasteiger partial charge in [0, 0.05) is 62.5 Å². The van der Waals surface area contributed by atoms with Crippen LogP contribution in [-0.4, -0.2) is 86.5 Å². The number of imidazole rings is 2. The molecule has 0 spiro atoms. The van der Waals surface area contributed by atoms with Crippen LogP contribution in [0.25, 0.3) is 33.4 Å². The van der Waals surface area contributed by atoms with Crippen molar-refractivity contribution in [3.63, 3.8) is 0 Å². The van der Waals surface area contributed by atoms with E-state index in [2.05, 4.69) is 52.6 Å². The molecule has 12 nitrogen and oxygen atoms in total. The quantitative estimate of drug-likeness (QED) is 0.178. The molecular formula is C42H38F4N10O2. The average Bonchev–Trinajstić information content (AvgIpc) is 4.04. The monoisotopic (exact) mass is 790 g/mol. The van der Waals surface area contributed by atoms with Gasteiger partial charge < -0.3 is 19.8 Å². The summed E-state index contributed by atoms with van der Waals surface area (Å²) in [5, 5.41) is 0. The summed E-state index contributed by atoms with van der Waals surface area (Å²) in [4.78, 5) is 53.4. The molecule has 0 radical (unpaired) electrons. The first-order valence-corrected chi connectivity index (χ1v) is 19.1. The van der Waals surface area contributed by atoms with Crippen LogP contribution in [0.4, 0.5) is 17.6 Å². The van der Waals surface area contributed by atoms with E-state index in [9.17, 15) is 27.2 Å². The lowest BCUT2D eigenvalue weighted by Crippen LogP contribution is -2.43. The Morgan fingerprint density at radius 2 is 1.02 bits per heavy atom. The molecule has 2 aliphatic heterocycles. The van der Waals surface area contributed by atoms with Crippen molar-refractivity contribution in [3.8, 4) is 0 Å². The number of carbonyl (C=O) groups excluding carboxylic acids is 2. The predicted molar refractivity (Wildman–Crippen MR) is 207 cm³/mol. The highest BCUT2D eigenvalue weighted by Gasteiger charge is 2.35. The summed E-state index contributed by atoms with van der Waals surface area (Å²) < 4.78 is 58.8. The summed E-state index contributed by atoms with van der Waals surface area (Å²) in [7, 11) is 0. The van der Waals surface area contributed by atoms with Gasteiger partial charge in [0.2, 0.25) is 0 Å². The third-order valence-corrected chi connectivity index (χ3v) is 11.7. The Labute approximate surface area is 328 Å². The van der Waals surface area contributed by atoms with Crippen LogP contribution in [0.5, 0.6) is 0 Å². The van der Waals surface area contributed by atoms with Crippen LogP contribution >= 0.6 is 0 Å². The molecule has 8 aromatic rings. The number of carbonyl (C=O) groups is 2. The van der Waals surface area contributed by atoms with Crippen LogP contribution < -0.4 is 0 Å². The van der Waals surface area contributed by atoms with E-state index in [4.69, 9.17) is 0 Å². The number of hydrogen-bond acceptors (Lipinski definition) is 6. The number of aromatic nitrogens is 8. The van der Waals surface area contributed by atoms with Gasteiger partial charge in [0.05, 0.1) is 58.0 Å². The minimum Gasteiger partial charge on any atom is -0.345 e. The zero-order valence-electron chi connectivity index (χ0n) is 31.5. The highest BCUT2D eigenvalue weighted by Crippen LogP contribution is 2.35. The number of aromatic amines is 2. The third-order valence-electron chi connectivity index (χ3n) is 11.7. The number of piperidine rings is 2. The van der Waals surface area contributed by atoms with Crippen LogP contribution in [0, 0.1) is 35.1 Å². The second-order valence-electron chi connectivity index (χ2n) is 15.2. The summed E-state index contributed by atoms with van der Waals surface area (Å²) in [5.74, 6) is -1.63. The van der Waals surface area contributed by atoms with Gasteiger partial charge in [-0.1, -0.05) is 13.8 Å². The molecule has 16 heteroatoms. The molecule has 0 bridgehead atoms. The predicted octanol–water partition coefficient (Wildman–Crippen LogP) is 7.51. The second-order valence-corrected chi connectivity index (χ2v) is 15.2. The topological polar surface area (TPSA) is 133 Å². The molecular weight excluding hydrogens is 753 g/mol. The number of benzene rings is 2. The molecule has 6 aromatic heterocycles. The van der Waals surface area contributed by atoms with Gasteiger partial charge >= 0.3 is 0 Å². The zero-order valence-corrected chi connectivity index (χ0v) is 31.5. The van der Waals surface area contributed by atoms with Crippen LogP contribution in [0.1, 0.15) is 70.9 Å². The Morgan fingerprint density at radius 1 is 0.603 bits per heavy atom. The first-order valence-electron chi connectivity index (χ1n) is 19.1. The normalized spacial score (nSPS) is 19.9. The number of fused-ring (bicyclic) bond motifs is 6. The average molecular weight is 791 g/mol. The van der Waals surface area contributed by atoms with E-state index in [1.807, 2.05) is 24.5 Å². The molecule has 296 valence electrons. The highest BCUT2D eigenvalue weighted by molar-refractivity contribution is 5.95. The van der Waals surface area contributed by atoms with Crippen LogP contribution in [0.3, 0.4) is 0 Å². The molecule has 2 unspecified atom stereocenters. The smallest absolute Gasteiger partial charge is 0.256 e. The number of likely N-dealkylation sites (tertiary alicyclic amines) is 2. The maximum Gasteiger partial charge on any atom is 0.256 e. The summed E-state index contributed by atoms with van der Waals surface area (Å²) in [6.45, 7) is 6.17. The summed E-state index contributed by atoms with van der Waals surface area (Å²) in [6.07, 6.45) is 12.3. The Balaban J connectivity index is 0.000000150. The molecule has 2 aliphatic rings. The van der Waals surface area contributed by atoms with Crippen molar-refractivity contribution in [2.45, 2.75) is 38.5 Å². The Morgan fingerprint density at radius 3 is 1.43 bits per heavy atom. The lowest BCUT2D eigenvalue weighted by molar-refractivity contribution is 0.0652. The van der Waals surface area contributed by atoms with E-state index in [0.717, 1.165) is 82.1 Å². The van der Waals surface area contributed by atoms with E-state index in [1.54, 1.807) is 34.6 Å². The van der Waals surface area contributed by atoms with Crippen molar-refractivity contribution < 1.29 is 27.2 Å². The third kappa shape index (κ3) is 6.51. The second kappa shape index (κ2) is 14.7. The molecule has 10 rings (SSSR count). The molecule has 0 aliphatic carbocycles. The summed E-state index contributed by atoms with van der Waals surface area (Å²) >= 11 is 0. The SMILES string of the molecule is CC1CCN(C(=O)c2ccc(F)cc2F)CC1c1ncc2cnc3[nH]ccc3n12.C[C@@H]1CCN(C(=O)c2ccc(F)cc2F)C[C@@H]1c1ncc2cnc3[nH]ccc3n12. The minimum atomic E-state index is -0.837. The minimum absolute atomic E-state index is 0.0146. The van der Waals surface area contributed by atoms with Crippen molar-refractivity contribution in [1.29, 1.82) is 0 Å². The van der Waals surface area contributed by atoms with Gasteiger partial charge in [-0.05, 0) is 61.1 Å². The van der Waals surface area contributed by atoms with E-state index < -0.39 is 35.1 Å². The van der Waals surface area contributed by atoms with Gasteiger partial charge in [-0.15, -0.1) is 0 Å². The van der Waals surface area contributed by atoms with Crippen molar-refractivity contribution in [3.05, 3.63) is 132 Å². The van der Waals surface area contributed by atoms with E-state index in [0.29, 0.717) is 38.0 Å². The fourth-order valence-electron chi connectivity index (χ4n) is 8.37. The molecule has 2 saturated heterocycles. The zero-order chi connectivity index (χ0) is 40.2. The van der Waals surface area contributed by atoms with Gasteiger partial charge in [0.1, 0.15) is 34.9 Å². The van der Waals surface area contributed by atoms with Crippen LogP contribution in [0.2, 0.25) is 0 Å². The van der Waals surface area contributed by atoms with Gasteiger partial charge in [-0.25, -0.2) is 37.5 Å². The number of H-pyrrole nitrogens is 2. The van der Waals surface area contributed by atoms with E-state index in [1.165, 1.54) is 12.1 Å². The van der Waals surface area contributed by atoms with Gasteiger partial charge in [0.25, 0.3) is 11.8 Å². The highest BCUT2D eigenvalue weighted by atomic mass is 19.1. The van der Waals surface area contributed by atoms with E-state index >= 15 is 0 Å². The summed E-state index contributed by atoms with van der Waals surface area (Å²) in [6, 6.07) is 10.0. The fourth-order valence-corrected chi connectivity index (χ4v) is 8.37. The molecule has 58 heavy (non-hydrogen) atoms. The fraction of sp³-hybridized carbons (Fsp3) is 0.286. The molecule has 4 atom stereocenters. The van der Waals surface area contributed by atoms with Crippen molar-refractivity contribution in [2.75, 3.05) is 26.2 Å². The molecule has 2 amide bonds. The molecule has 8 heterocycles. The van der Waals surface area contributed by atoms with Gasteiger partial charge in [-0.3, -0.25) is 18.4 Å². The van der Waals surface area contributed by atoms with Crippen LogP contribution in [-0.2, 0) is 0 Å².